The van der Waals surface area contributed by atoms with Crippen molar-refractivity contribution in [3.63, 3.8) is 0 Å². The lowest BCUT2D eigenvalue weighted by Gasteiger charge is -2.38. The van der Waals surface area contributed by atoms with Gasteiger partial charge in [0.15, 0.2) is 0 Å². The first kappa shape index (κ1) is 15.0. The number of H-pyrrole nitrogens is 1. The molecule has 120 valence electrons. The molecular weight excluding hydrogens is 284 g/mol. The summed E-state index contributed by atoms with van der Waals surface area (Å²) in [6, 6.07) is 0. The number of amides is 2. The molecule has 1 spiro atoms. The van der Waals surface area contributed by atoms with Crippen molar-refractivity contribution in [2.45, 2.75) is 32.3 Å². The van der Waals surface area contributed by atoms with E-state index in [2.05, 4.69) is 10.2 Å². The van der Waals surface area contributed by atoms with E-state index >= 15 is 0 Å². The van der Waals surface area contributed by atoms with E-state index < -0.39 is 5.60 Å². The Morgan fingerprint density at radius 2 is 2.18 bits per heavy atom. The van der Waals surface area contributed by atoms with Gasteiger partial charge in [0.2, 0.25) is 11.8 Å². The van der Waals surface area contributed by atoms with Crippen molar-refractivity contribution in [3.05, 3.63) is 17.0 Å². The molecule has 22 heavy (non-hydrogen) atoms. The number of aromatic amines is 1. The summed E-state index contributed by atoms with van der Waals surface area (Å²) in [6.07, 6.45) is 1.14. The monoisotopic (exact) mass is 306 g/mol. The summed E-state index contributed by atoms with van der Waals surface area (Å²) in [6.45, 7) is 5.73. The summed E-state index contributed by atoms with van der Waals surface area (Å²) in [5.41, 5.74) is 2.40. The van der Waals surface area contributed by atoms with Crippen LogP contribution in [0.1, 0.15) is 23.4 Å². The van der Waals surface area contributed by atoms with Crippen LogP contribution < -0.4 is 0 Å². The summed E-state index contributed by atoms with van der Waals surface area (Å²) in [7, 11) is 1.79. The largest absolute Gasteiger partial charge is 0.361 e. The molecule has 2 amide bonds. The van der Waals surface area contributed by atoms with Crippen molar-refractivity contribution < 1.29 is 14.3 Å². The van der Waals surface area contributed by atoms with Crippen LogP contribution in [-0.4, -0.2) is 70.7 Å². The van der Waals surface area contributed by atoms with Crippen LogP contribution in [0.3, 0.4) is 0 Å². The van der Waals surface area contributed by atoms with Crippen molar-refractivity contribution in [1.82, 2.24) is 20.0 Å². The number of aromatic nitrogens is 2. The Bertz CT molecular complexity index is 592. The van der Waals surface area contributed by atoms with Gasteiger partial charge in [0.1, 0.15) is 12.2 Å². The fraction of sp³-hybridized carbons (Fsp3) is 0.667. The molecule has 1 aromatic rings. The molecule has 3 heterocycles. The van der Waals surface area contributed by atoms with Crippen molar-refractivity contribution in [2.75, 3.05) is 33.3 Å². The Labute approximate surface area is 129 Å². The average molecular weight is 306 g/mol. The molecule has 0 bridgehead atoms. The molecule has 1 unspecified atom stereocenters. The molecule has 7 heteroatoms. The number of ether oxygens (including phenoxy) is 1. The Kier molecular flexibility index (Phi) is 3.68. The van der Waals surface area contributed by atoms with Crippen LogP contribution in [0, 0.1) is 13.8 Å². The summed E-state index contributed by atoms with van der Waals surface area (Å²) in [5.74, 6) is 0.0904. The number of carbonyl (C=O) groups excluding carboxylic acids is 2. The molecule has 1 atom stereocenters. The highest BCUT2D eigenvalue weighted by Gasteiger charge is 2.45. The van der Waals surface area contributed by atoms with Gasteiger partial charge in [0, 0.05) is 24.8 Å². The van der Waals surface area contributed by atoms with Gasteiger partial charge in [-0.1, -0.05) is 0 Å². The van der Waals surface area contributed by atoms with Gasteiger partial charge < -0.3 is 14.5 Å². The van der Waals surface area contributed by atoms with Crippen molar-refractivity contribution in [1.29, 1.82) is 0 Å². The molecule has 3 rings (SSSR count). The molecule has 1 aromatic heterocycles. The average Bonchev–Trinajstić information content (AvgIpc) is 3.02. The third-order valence-electron chi connectivity index (χ3n) is 4.73. The maximum atomic E-state index is 12.5. The Balaban J connectivity index is 1.65. The van der Waals surface area contributed by atoms with Crippen molar-refractivity contribution >= 4 is 11.8 Å². The number of aryl methyl sites for hydroxylation is 2. The third-order valence-corrected chi connectivity index (χ3v) is 4.73. The molecule has 0 radical (unpaired) electrons. The molecule has 0 aromatic carbocycles. The first-order valence-corrected chi connectivity index (χ1v) is 7.56. The van der Waals surface area contributed by atoms with Crippen LogP contribution >= 0.6 is 0 Å². The van der Waals surface area contributed by atoms with E-state index in [4.69, 9.17) is 4.74 Å². The number of morpholine rings is 1. The number of rotatable bonds is 2. The smallest absolute Gasteiger partial charge is 0.248 e. The maximum Gasteiger partial charge on any atom is 0.248 e. The highest BCUT2D eigenvalue weighted by Crippen LogP contribution is 2.29. The number of hydrogen-bond donors (Lipinski definition) is 1. The number of hydrogen-bond acceptors (Lipinski definition) is 4. The first-order chi connectivity index (χ1) is 10.4. The molecule has 0 saturated carbocycles. The maximum absolute atomic E-state index is 12.5. The van der Waals surface area contributed by atoms with Gasteiger partial charge in [-0.25, -0.2) is 0 Å². The van der Waals surface area contributed by atoms with Crippen molar-refractivity contribution in [3.8, 4) is 0 Å². The van der Waals surface area contributed by atoms with Gasteiger partial charge in [-0.05, 0) is 20.3 Å². The molecule has 2 aliphatic rings. The predicted molar refractivity (Wildman–Crippen MR) is 79.3 cm³/mol. The van der Waals surface area contributed by atoms with Crippen LogP contribution in [0.15, 0.2) is 0 Å². The van der Waals surface area contributed by atoms with Gasteiger partial charge in [-0.3, -0.25) is 14.7 Å². The summed E-state index contributed by atoms with van der Waals surface area (Å²) in [4.78, 5) is 27.6. The first-order valence-electron chi connectivity index (χ1n) is 7.56. The fourth-order valence-electron chi connectivity index (χ4n) is 3.29. The van der Waals surface area contributed by atoms with Gasteiger partial charge in [-0.2, -0.15) is 5.10 Å². The molecule has 2 saturated heterocycles. The minimum atomic E-state index is -0.390. The zero-order chi connectivity index (χ0) is 15.9. The minimum Gasteiger partial charge on any atom is -0.361 e. The van der Waals surface area contributed by atoms with Crippen LogP contribution in [0.25, 0.3) is 0 Å². The van der Waals surface area contributed by atoms with Crippen LogP contribution in [-0.2, 0) is 20.7 Å². The Morgan fingerprint density at radius 3 is 2.82 bits per heavy atom. The standard InChI is InChI=1S/C15H22N4O3/c1-10-12(11(2)17-16-10)6-13(20)19-5-4-15(9-19)8-18(3)14(21)7-22-15/h4-9H2,1-3H3,(H,16,17). The second kappa shape index (κ2) is 5.39. The lowest BCUT2D eigenvalue weighted by atomic mass is 10.0. The summed E-state index contributed by atoms with van der Waals surface area (Å²) >= 11 is 0. The summed E-state index contributed by atoms with van der Waals surface area (Å²) in [5, 5.41) is 7.04. The van der Waals surface area contributed by atoms with Crippen molar-refractivity contribution in [2.24, 2.45) is 0 Å². The second-order valence-corrected chi connectivity index (χ2v) is 6.38. The van der Waals surface area contributed by atoms with E-state index in [1.54, 1.807) is 11.9 Å². The SMILES string of the molecule is Cc1n[nH]c(C)c1CC(=O)N1CCC2(CN(C)C(=O)CO2)C1. The van der Waals surface area contributed by atoms with E-state index in [9.17, 15) is 9.59 Å². The lowest BCUT2D eigenvalue weighted by Crippen LogP contribution is -2.54. The normalized spacial score (nSPS) is 25.3. The molecule has 2 aliphatic heterocycles. The Morgan fingerprint density at radius 1 is 1.41 bits per heavy atom. The van der Waals surface area contributed by atoms with Gasteiger partial charge in [0.05, 0.1) is 25.2 Å². The topological polar surface area (TPSA) is 78.5 Å². The minimum absolute atomic E-state index is 0.0000447. The van der Waals surface area contributed by atoms with Gasteiger partial charge in [0.25, 0.3) is 0 Å². The molecule has 7 nitrogen and oxygen atoms in total. The number of nitrogens with zero attached hydrogens (tertiary/aromatic N) is 3. The van der Waals surface area contributed by atoms with Crippen LogP contribution in [0.4, 0.5) is 0 Å². The predicted octanol–water partition coefficient (Wildman–Crippen LogP) is 0.0287. The fourth-order valence-corrected chi connectivity index (χ4v) is 3.29. The highest BCUT2D eigenvalue weighted by molar-refractivity contribution is 5.80. The van der Waals surface area contributed by atoms with Crippen LogP contribution in [0.5, 0.6) is 0 Å². The molecule has 0 aliphatic carbocycles. The van der Waals surface area contributed by atoms with E-state index in [0.717, 1.165) is 23.4 Å². The van der Waals surface area contributed by atoms with Crippen LogP contribution in [0.2, 0.25) is 0 Å². The van der Waals surface area contributed by atoms with E-state index in [1.165, 1.54) is 0 Å². The van der Waals surface area contributed by atoms with Gasteiger partial charge >= 0.3 is 0 Å². The van der Waals surface area contributed by atoms with Gasteiger partial charge in [-0.15, -0.1) is 0 Å². The number of likely N-dealkylation sites (tertiary alicyclic amines) is 1. The molecule has 1 N–H and O–H groups in total. The lowest BCUT2D eigenvalue weighted by molar-refractivity contribution is -0.159. The summed E-state index contributed by atoms with van der Waals surface area (Å²) < 4.78 is 5.77. The zero-order valence-electron chi connectivity index (χ0n) is 13.3. The number of nitrogens with one attached hydrogen (secondary N) is 1. The third kappa shape index (κ3) is 2.61. The Hall–Kier alpha value is -1.89. The zero-order valence-corrected chi connectivity index (χ0v) is 13.3. The van der Waals surface area contributed by atoms with E-state index in [1.807, 2.05) is 18.7 Å². The second-order valence-electron chi connectivity index (χ2n) is 6.38. The van der Waals surface area contributed by atoms with E-state index in [0.29, 0.717) is 26.1 Å². The van der Waals surface area contributed by atoms with E-state index in [-0.39, 0.29) is 18.4 Å². The highest BCUT2D eigenvalue weighted by atomic mass is 16.5. The quantitative estimate of drug-likeness (QED) is 0.836. The number of likely N-dealkylation sites (N-methyl/N-ethyl adjacent to an activating group) is 1. The number of carbonyl (C=O) groups is 2. The molecule has 2 fully saturated rings. The molecular formula is C15H22N4O3.